The van der Waals surface area contributed by atoms with Crippen molar-refractivity contribution in [2.45, 2.75) is 6.18 Å². The van der Waals surface area contributed by atoms with Crippen LogP contribution in [0.3, 0.4) is 0 Å². The summed E-state index contributed by atoms with van der Waals surface area (Å²) in [6.45, 7) is 0. The van der Waals surface area contributed by atoms with E-state index in [2.05, 4.69) is 21.2 Å². The number of halogens is 4. The number of carbonyl (C=O) groups excluding carboxylic acids is 3. The number of hydrogen-bond donors (Lipinski definition) is 1. The molecular weight excluding hydrogens is 563 g/mol. The maximum atomic E-state index is 13.0. The van der Waals surface area contributed by atoms with E-state index >= 15 is 0 Å². The molecule has 1 heterocycles. The second kappa shape index (κ2) is 9.85. The number of alkyl halides is 3. The molecule has 3 aromatic rings. The Kier molecular flexibility index (Phi) is 6.81. The van der Waals surface area contributed by atoms with Crippen LogP contribution in [0.1, 0.15) is 11.1 Å². The molecule has 0 bridgehead atoms. The van der Waals surface area contributed by atoms with E-state index in [1.165, 1.54) is 42.5 Å². The van der Waals surface area contributed by atoms with Crippen LogP contribution in [0.5, 0.6) is 11.5 Å². The molecule has 0 spiro atoms. The Morgan fingerprint density at radius 3 is 2.32 bits per heavy atom. The normalized spacial score (nSPS) is 15.1. The van der Waals surface area contributed by atoms with Gasteiger partial charge in [-0.2, -0.15) is 13.2 Å². The van der Waals surface area contributed by atoms with Gasteiger partial charge in [0, 0.05) is 10.5 Å². The molecule has 4 rings (SSSR count). The average molecular weight is 576 g/mol. The summed E-state index contributed by atoms with van der Waals surface area (Å²) >= 11 is 3.25. The van der Waals surface area contributed by atoms with Crippen LogP contribution in [0.4, 0.5) is 29.3 Å². The van der Waals surface area contributed by atoms with Gasteiger partial charge in [0.15, 0.2) is 0 Å². The SMILES string of the molecule is O=C1NC(=O)N(c2cccc(Br)c2)C(=O)C1=Cc1ccc(Oc2ccc(C(F)(F)F)cc2[N+](=O)[O-])cc1. The number of rotatable bonds is 5. The number of imide groups is 2. The number of nitro benzene ring substituents is 1. The lowest BCUT2D eigenvalue weighted by atomic mass is 10.1. The first-order chi connectivity index (χ1) is 17.4. The van der Waals surface area contributed by atoms with Gasteiger partial charge in [-0.05, 0) is 54.1 Å². The lowest BCUT2D eigenvalue weighted by Crippen LogP contribution is -2.54. The standard InChI is InChI=1S/C24H13BrF3N3O6/c25-15-2-1-3-16(12-15)30-22(33)18(21(32)29-23(30)34)10-13-4-7-17(8-5-13)37-20-9-6-14(24(26,27)28)11-19(20)31(35)36/h1-12H,(H,29,32,34). The van der Waals surface area contributed by atoms with Crippen molar-refractivity contribution < 1.29 is 37.2 Å². The Morgan fingerprint density at radius 1 is 1.00 bits per heavy atom. The predicted molar refractivity (Wildman–Crippen MR) is 128 cm³/mol. The maximum absolute atomic E-state index is 13.0. The Balaban J connectivity index is 1.59. The zero-order valence-corrected chi connectivity index (χ0v) is 19.9. The highest BCUT2D eigenvalue weighted by molar-refractivity contribution is 9.10. The number of amides is 4. The van der Waals surface area contributed by atoms with Crippen molar-refractivity contribution in [1.82, 2.24) is 5.32 Å². The molecule has 9 nitrogen and oxygen atoms in total. The molecule has 1 N–H and O–H groups in total. The first-order valence-corrected chi connectivity index (χ1v) is 11.0. The molecule has 3 aromatic carbocycles. The second-order valence-corrected chi connectivity index (χ2v) is 8.46. The minimum atomic E-state index is -4.77. The molecule has 1 aliphatic heterocycles. The van der Waals surface area contributed by atoms with Crippen molar-refractivity contribution in [3.05, 3.63) is 98.0 Å². The van der Waals surface area contributed by atoms with Crippen LogP contribution in [-0.2, 0) is 15.8 Å². The van der Waals surface area contributed by atoms with Crippen molar-refractivity contribution in [2.24, 2.45) is 0 Å². The number of hydrogen-bond acceptors (Lipinski definition) is 6. The Morgan fingerprint density at radius 2 is 1.70 bits per heavy atom. The number of anilines is 1. The third-order valence-corrected chi connectivity index (χ3v) is 5.56. The minimum Gasteiger partial charge on any atom is -0.450 e. The van der Waals surface area contributed by atoms with E-state index in [9.17, 15) is 37.7 Å². The molecule has 13 heteroatoms. The van der Waals surface area contributed by atoms with Crippen LogP contribution in [-0.4, -0.2) is 22.8 Å². The van der Waals surface area contributed by atoms with E-state index in [0.29, 0.717) is 22.2 Å². The number of nitrogens with one attached hydrogen (secondary N) is 1. The summed E-state index contributed by atoms with van der Waals surface area (Å²) in [7, 11) is 0. The summed E-state index contributed by atoms with van der Waals surface area (Å²) in [4.78, 5) is 48.7. The summed E-state index contributed by atoms with van der Waals surface area (Å²) in [5.74, 6) is -2.11. The molecule has 4 amide bonds. The van der Waals surface area contributed by atoms with Crippen molar-refractivity contribution in [3.63, 3.8) is 0 Å². The van der Waals surface area contributed by atoms with Crippen LogP contribution in [0.15, 0.2) is 76.8 Å². The Labute approximate surface area is 214 Å². The van der Waals surface area contributed by atoms with Gasteiger partial charge in [-0.3, -0.25) is 25.0 Å². The van der Waals surface area contributed by atoms with Crippen molar-refractivity contribution in [1.29, 1.82) is 0 Å². The highest BCUT2D eigenvalue weighted by Crippen LogP contribution is 2.38. The molecule has 0 atom stereocenters. The smallest absolute Gasteiger partial charge is 0.416 e. The predicted octanol–water partition coefficient (Wildman–Crippen LogP) is 5.83. The number of nitro groups is 1. The third-order valence-electron chi connectivity index (χ3n) is 5.07. The fourth-order valence-electron chi connectivity index (χ4n) is 3.36. The first-order valence-electron chi connectivity index (χ1n) is 10.2. The van der Waals surface area contributed by atoms with Crippen molar-refractivity contribution in [3.8, 4) is 11.5 Å². The maximum Gasteiger partial charge on any atom is 0.416 e. The van der Waals surface area contributed by atoms with Crippen molar-refractivity contribution in [2.75, 3.05) is 4.90 Å². The molecule has 0 aromatic heterocycles. The summed E-state index contributed by atoms with van der Waals surface area (Å²) < 4.78 is 44.7. The number of ether oxygens (including phenoxy) is 1. The van der Waals surface area contributed by atoms with E-state index in [0.717, 1.165) is 11.0 Å². The van der Waals surface area contributed by atoms with Crippen LogP contribution in [0, 0.1) is 10.1 Å². The van der Waals surface area contributed by atoms with E-state index in [4.69, 9.17) is 4.74 Å². The molecule has 188 valence electrons. The number of barbiturate groups is 1. The van der Waals surface area contributed by atoms with Gasteiger partial charge in [0.25, 0.3) is 11.8 Å². The molecule has 0 unspecified atom stereocenters. The van der Waals surface area contributed by atoms with Crippen LogP contribution in [0.25, 0.3) is 6.08 Å². The lowest BCUT2D eigenvalue weighted by Gasteiger charge is -2.26. The Bertz CT molecular complexity index is 1470. The average Bonchev–Trinajstić information content (AvgIpc) is 2.82. The van der Waals surface area contributed by atoms with Crippen LogP contribution < -0.4 is 15.0 Å². The summed E-state index contributed by atoms with van der Waals surface area (Å²) in [6, 6.07) is 12.8. The van der Waals surface area contributed by atoms with Gasteiger partial charge < -0.3 is 4.74 Å². The third kappa shape index (κ3) is 5.51. The first kappa shape index (κ1) is 25.6. The monoisotopic (exact) mass is 575 g/mol. The quantitative estimate of drug-likeness (QED) is 0.177. The molecule has 0 radical (unpaired) electrons. The molecule has 37 heavy (non-hydrogen) atoms. The molecular formula is C24H13BrF3N3O6. The summed E-state index contributed by atoms with van der Waals surface area (Å²) in [5, 5.41) is 13.3. The largest absolute Gasteiger partial charge is 0.450 e. The van der Waals surface area contributed by atoms with Crippen LogP contribution >= 0.6 is 15.9 Å². The fraction of sp³-hybridized carbons (Fsp3) is 0.0417. The van der Waals surface area contributed by atoms with Crippen molar-refractivity contribution >= 4 is 51.2 Å². The molecule has 1 aliphatic rings. The van der Waals surface area contributed by atoms with E-state index in [1.807, 2.05) is 0 Å². The lowest BCUT2D eigenvalue weighted by molar-refractivity contribution is -0.385. The van der Waals surface area contributed by atoms with Gasteiger partial charge in [0.05, 0.1) is 16.2 Å². The van der Waals surface area contributed by atoms with Gasteiger partial charge in [-0.15, -0.1) is 0 Å². The van der Waals surface area contributed by atoms with Gasteiger partial charge in [-0.25, -0.2) is 9.69 Å². The molecule has 0 aliphatic carbocycles. The Hall–Kier alpha value is -4.52. The number of urea groups is 1. The highest BCUT2D eigenvalue weighted by atomic mass is 79.9. The molecule has 0 saturated carbocycles. The topological polar surface area (TPSA) is 119 Å². The van der Waals surface area contributed by atoms with Gasteiger partial charge in [0.2, 0.25) is 5.75 Å². The molecule has 1 fully saturated rings. The second-order valence-electron chi connectivity index (χ2n) is 7.55. The minimum absolute atomic E-state index is 0.0513. The summed E-state index contributed by atoms with van der Waals surface area (Å²) in [5.41, 5.74) is -1.82. The van der Waals surface area contributed by atoms with E-state index < -0.39 is 45.9 Å². The van der Waals surface area contributed by atoms with Gasteiger partial charge in [-0.1, -0.05) is 34.1 Å². The zero-order valence-electron chi connectivity index (χ0n) is 18.3. The number of nitrogens with zero attached hydrogens (tertiary/aromatic N) is 2. The van der Waals surface area contributed by atoms with E-state index in [-0.39, 0.29) is 17.0 Å². The highest BCUT2D eigenvalue weighted by Gasteiger charge is 2.37. The van der Waals surface area contributed by atoms with Gasteiger partial charge >= 0.3 is 17.9 Å². The number of carbonyl (C=O) groups is 3. The fourth-order valence-corrected chi connectivity index (χ4v) is 3.74. The summed E-state index contributed by atoms with van der Waals surface area (Å²) in [6.07, 6.45) is -3.53. The molecule has 1 saturated heterocycles. The number of benzene rings is 3. The van der Waals surface area contributed by atoms with Crippen LogP contribution in [0.2, 0.25) is 0 Å². The zero-order chi connectivity index (χ0) is 26.9. The van der Waals surface area contributed by atoms with E-state index in [1.54, 1.807) is 12.1 Å². The van der Waals surface area contributed by atoms with Gasteiger partial charge in [0.1, 0.15) is 11.3 Å².